The normalized spacial score (nSPS) is 11.5. The zero-order valence-corrected chi connectivity index (χ0v) is 18.8. The Kier molecular flexibility index (Phi) is 9.14. The lowest BCUT2D eigenvalue weighted by molar-refractivity contribution is 0.779. The van der Waals surface area contributed by atoms with Gasteiger partial charge in [-0.3, -0.25) is 4.99 Å². The van der Waals surface area contributed by atoms with E-state index in [0.29, 0.717) is 12.5 Å². The van der Waals surface area contributed by atoms with Gasteiger partial charge in [0, 0.05) is 30.3 Å². The molecule has 0 fully saturated rings. The van der Waals surface area contributed by atoms with E-state index < -0.39 is 0 Å². The van der Waals surface area contributed by atoms with Gasteiger partial charge >= 0.3 is 0 Å². The molecule has 2 aromatic heterocycles. The Hall–Kier alpha value is -0.740. The van der Waals surface area contributed by atoms with Crippen molar-refractivity contribution >= 4 is 52.6 Å². The van der Waals surface area contributed by atoms with Crippen molar-refractivity contribution in [1.82, 2.24) is 20.6 Å². The lowest BCUT2D eigenvalue weighted by atomic mass is 10.2. The Morgan fingerprint density at radius 1 is 1.25 bits per heavy atom. The van der Waals surface area contributed by atoms with Crippen LogP contribution in [-0.2, 0) is 13.0 Å². The third-order valence-corrected chi connectivity index (χ3v) is 5.44. The third-order valence-electron chi connectivity index (χ3n) is 3.44. The molecule has 8 heteroatoms. The quantitative estimate of drug-likeness (QED) is 0.375. The summed E-state index contributed by atoms with van der Waals surface area (Å²) in [6.07, 6.45) is 0.965. The zero-order valence-electron chi connectivity index (χ0n) is 14.8. The molecular formula is C16H26IN5S2. The summed E-state index contributed by atoms with van der Waals surface area (Å²) >= 11 is 3.46. The Morgan fingerprint density at radius 2 is 2.00 bits per heavy atom. The first-order valence-electron chi connectivity index (χ1n) is 7.81. The van der Waals surface area contributed by atoms with Crippen LogP contribution in [0.1, 0.15) is 46.0 Å². The smallest absolute Gasteiger partial charge is 0.191 e. The molecule has 0 aromatic carbocycles. The summed E-state index contributed by atoms with van der Waals surface area (Å²) in [6.45, 7) is 9.99. The molecule has 0 radical (unpaired) electrons. The molecule has 0 aliphatic rings. The highest BCUT2D eigenvalue weighted by molar-refractivity contribution is 14.0. The number of rotatable bonds is 6. The number of aryl methyl sites for hydroxylation is 2. The van der Waals surface area contributed by atoms with Crippen molar-refractivity contribution in [3.8, 4) is 0 Å². The molecule has 2 rings (SSSR count). The Bertz CT molecular complexity index is 663. The predicted molar refractivity (Wildman–Crippen MR) is 115 cm³/mol. The molecule has 0 unspecified atom stereocenters. The van der Waals surface area contributed by atoms with Crippen molar-refractivity contribution in [2.45, 2.75) is 46.6 Å². The van der Waals surface area contributed by atoms with Crippen LogP contribution in [0.4, 0.5) is 0 Å². The van der Waals surface area contributed by atoms with E-state index in [4.69, 9.17) is 0 Å². The van der Waals surface area contributed by atoms with Crippen LogP contribution in [0.25, 0.3) is 0 Å². The molecule has 2 N–H and O–H groups in total. The monoisotopic (exact) mass is 479 g/mol. The van der Waals surface area contributed by atoms with Gasteiger partial charge in [-0.05, 0) is 19.8 Å². The first-order valence-corrected chi connectivity index (χ1v) is 9.51. The summed E-state index contributed by atoms with van der Waals surface area (Å²) in [5, 5.41) is 11.0. The van der Waals surface area contributed by atoms with Crippen LogP contribution in [0.15, 0.2) is 10.4 Å². The number of nitrogens with one attached hydrogen (secondary N) is 2. The Morgan fingerprint density at radius 3 is 2.54 bits per heavy atom. The Balaban J connectivity index is 0.00000288. The fourth-order valence-electron chi connectivity index (χ4n) is 2.15. The number of nitrogens with zero attached hydrogens (tertiary/aromatic N) is 3. The predicted octanol–water partition coefficient (Wildman–Crippen LogP) is 3.87. The van der Waals surface area contributed by atoms with Gasteiger partial charge in [0.05, 0.1) is 22.9 Å². The number of aromatic nitrogens is 2. The molecule has 0 spiro atoms. The van der Waals surface area contributed by atoms with Crippen LogP contribution in [-0.4, -0.2) is 29.5 Å². The highest BCUT2D eigenvalue weighted by Gasteiger charge is 2.07. The van der Waals surface area contributed by atoms with Gasteiger partial charge in [-0.25, -0.2) is 9.97 Å². The largest absolute Gasteiger partial charge is 0.356 e. The average molecular weight is 479 g/mol. The number of aliphatic imine (C=N–C) groups is 1. The minimum atomic E-state index is 0. The topological polar surface area (TPSA) is 62.2 Å². The number of hydrogen-bond donors (Lipinski definition) is 2. The van der Waals surface area contributed by atoms with Crippen molar-refractivity contribution in [2.75, 3.05) is 13.6 Å². The standard InChI is InChI=1S/C16H25N5S2.HI/c1-10(2)13-9-22-15(21-13)8-19-16(17-5)18-7-6-14-11(3)20-12(4)23-14;/h9-10H,6-8H2,1-5H3,(H2,17,18,19);1H. The van der Waals surface area contributed by atoms with Gasteiger partial charge in [-0.2, -0.15) is 0 Å². The summed E-state index contributed by atoms with van der Waals surface area (Å²) in [7, 11) is 1.79. The molecule has 0 atom stereocenters. The fraction of sp³-hybridized carbons (Fsp3) is 0.562. The average Bonchev–Trinajstić information content (AvgIpc) is 3.09. The summed E-state index contributed by atoms with van der Waals surface area (Å²) in [4.78, 5) is 14.7. The van der Waals surface area contributed by atoms with E-state index >= 15 is 0 Å². The van der Waals surface area contributed by atoms with E-state index in [0.717, 1.165) is 40.3 Å². The van der Waals surface area contributed by atoms with Crippen LogP contribution in [0.3, 0.4) is 0 Å². The van der Waals surface area contributed by atoms with Gasteiger partial charge < -0.3 is 10.6 Å². The number of halogens is 1. The maximum Gasteiger partial charge on any atom is 0.191 e. The van der Waals surface area contributed by atoms with Gasteiger partial charge in [-0.1, -0.05) is 13.8 Å². The molecule has 0 saturated carbocycles. The zero-order chi connectivity index (χ0) is 16.8. The van der Waals surface area contributed by atoms with Crippen molar-refractivity contribution in [2.24, 2.45) is 4.99 Å². The van der Waals surface area contributed by atoms with Crippen LogP contribution in [0.5, 0.6) is 0 Å². The summed E-state index contributed by atoms with van der Waals surface area (Å²) in [5.74, 6) is 1.29. The van der Waals surface area contributed by atoms with E-state index in [1.165, 1.54) is 4.88 Å². The maximum absolute atomic E-state index is 4.62. The number of hydrogen-bond acceptors (Lipinski definition) is 5. The van der Waals surface area contributed by atoms with Crippen LogP contribution in [0, 0.1) is 13.8 Å². The van der Waals surface area contributed by atoms with Crippen LogP contribution < -0.4 is 10.6 Å². The van der Waals surface area contributed by atoms with Gasteiger partial charge in [0.15, 0.2) is 5.96 Å². The van der Waals surface area contributed by atoms with E-state index in [1.54, 1.807) is 29.7 Å². The van der Waals surface area contributed by atoms with Gasteiger partial charge in [0.1, 0.15) is 5.01 Å². The highest BCUT2D eigenvalue weighted by Crippen LogP contribution is 2.18. The Labute approximate surface area is 169 Å². The van der Waals surface area contributed by atoms with Crippen LogP contribution in [0.2, 0.25) is 0 Å². The second kappa shape index (κ2) is 10.3. The van der Waals surface area contributed by atoms with E-state index in [9.17, 15) is 0 Å². The lowest BCUT2D eigenvalue weighted by Gasteiger charge is -2.10. The molecule has 24 heavy (non-hydrogen) atoms. The highest BCUT2D eigenvalue weighted by atomic mass is 127. The third kappa shape index (κ3) is 6.29. The molecule has 2 aromatic rings. The van der Waals surface area contributed by atoms with E-state index in [1.807, 2.05) is 0 Å². The van der Waals surface area contributed by atoms with Crippen molar-refractivity contribution in [3.05, 3.63) is 31.7 Å². The van der Waals surface area contributed by atoms with Crippen molar-refractivity contribution < 1.29 is 0 Å². The molecule has 0 aliphatic heterocycles. The van der Waals surface area contributed by atoms with Gasteiger partial charge in [0.2, 0.25) is 0 Å². The molecule has 2 heterocycles. The summed E-state index contributed by atoms with van der Waals surface area (Å²) in [5.41, 5.74) is 2.30. The SMILES string of the molecule is CN=C(NCCc1sc(C)nc1C)NCc1nc(C(C)C)cs1.I. The van der Waals surface area contributed by atoms with Crippen molar-refractivity contribution in [3.63, 3.8) is 0 Å². The van der Waals surface area contributed by atoms with Gasteiger partial charge in [0.25, 0.3) is 0 Å². The molecule has 5 nitrogen and oxygen atoms in total. The first kappa shape index (κ1) is 21.3. The van der Waals surface area contributed by atoms with E-state index in [-0.39, 0.29) is 24.0 Å². The molecule has 0 bridgehead atoms. The molecule has 0 amide bonds. The molecule has 0 aliphatic carbocycles. The van der Waals surface area contributed by atoms with E-state index in [2.05, 4.69) is 58.7 Å². The second-order valence-corrected chi connectivity index (χ2v) is 7.90. The van der Waals surface area contributed by atoms with Crippen LogP contribution >= 0.6 is 46.7 Å². The molecule has 0 saturated heterocycles. The number of thiazole rings is 2. The molecular weight excluding hydrogens is 453 g/mol. The lowest BCUT2D eigenvalue weighted by Crippen LogP contribution is -2.37. The van der Waals surface area contributed by atoms with Gasteiger partial charge in [-0.15, -0.1) is 46.7 Å². The molecule has 134 valence electrons. The first-order chi connectivity index (χ1) is 11.0. The summed E-state index contributed by atoms with van der Waals surface area (Å²) in [6, 6.07) is 0. The minimum Gasteiger partial charge on any atom is -0.356 e. The fourth-order valence-corrected chi connectivity index (χ4v) is 3.98. The van der Waals surface area contributed by atoms with Crippen molar-refractivity contribution in [1.29, 1.82) is 0 Å². The summed E-state index contributed by atoms with van der Waals surface area (Å²) < 4.78 is 0. The number of guanidine groups is 1. The minimum absolute atomic E-state index is 0. The maximum atomic E-state index is 4.62. The second-order valence-electron chi connectivity index (χ2n) is 5.66.